The van der Waals surface area contributed by atoms with Crippen LogP contribution in [0.5, 0.6) is 0 Å². The lowest BCUT2D eigenvalue weighted by Crippen LogP contribution is -2.40. The Labute approximate surface area is 189 Å². The van der Waals surface area contributed by atoms with Crippen molar-refractivity contribution in [1.82, 2.24) is 4.31 Å². The molecule has 4 rings (SSSR count). The number of nitrogens with zero attached hydrogens (tertiary/aromatic N) is 1. The monoisotopic (exact) mass is 477 g/mol. The molecule has 0 atom stereocenters. The van der Waals surface area contributed by atoms with Gasteiger partial charge in [0.25, 0.3) is 0 Å². The molecule has 0 bridgehead atoms. The van der Waals surface area contributed by atoms with Crippen LogP contribution in [0.3, 0.4) is 0 Å². The second-order valence-electron chi connectivity index (χ2n) is 7.33. The number of benzene rings is 2. The topological polar surface area (TPSA) is 103 Å². The molecule has 0 saturated carbocycles. The van der Waals surface area contributed by atoms with E-state index in [4.69, 9.17) is 25.5 Å². The predicted molar refractivity (Wildman–Crippen MR) is 117 cm³/mol. The average molecular weight is 478 g/mol. The SMILES string of the molecule is Cc1ccc2c(COC(=O)c3ccc(Cl)c(S(=O)(=O)N4CCOCC4)c3)cc(=O)oc2c1. The molecule has 3 aromatic rings. The van der Waals surface area contributed by atoms with Crippen molar-refractivity contribution in [2.24, 2.45) is 0 Å². The third kappa shape index (κ3) is 4.56. The Morgan fingerprint density at radius 2 is 1.88 bits per heavy atom. The molecule has 10 heteroatoms. The Hall–Kier alpha value is -2.72. The van der Waals surface area contributed by atoms with E-state index in [1.165, 1.54) is 28.6 Å². The first kappa shape index (κ1) is 22.5. The number of sulfonamides is 1. The summed E-state index contributed by atoms with van der Waals surface area (Å²) in [6.07, 6.45) is 0. The van der Waals surface area contributed by atoms with E-state index in [1.54, 1.807) is 12.1 Å². The van der Waals surface area contributed by atoms with E-state index in [9.17, 15) is 18.0 Å². The Morgan fingerprint density at radius 1 is 1.12 bits per heavy atom. The summed E-state index contributed by atoms with van der Waals surface area (Å²) in [5.41, 5.74) is 1.28. The number of hydrogen-bond donors (Lipinski definition) is 0. The van der Waals surface area contributed by atoms with Gasteiger partial charge < -0.3 is 13.9 Å². The molecule has 1 aliphatic heterocycles. The summed E-state index contributed by atoms with van der Waals surface area (Å²) in [6.45, 7) is 2.68. The van der Waals surface area contributed by atoms with Gasteiger partial charge in [0.05, 0.1) is 23.8 Å². The van der Waals surface area contributed by atoms with Crippen LogP contribution in [0.4, 0.5) is 0 Å². The summed E-state index contributed by atoms with van der Waals surface area (Å²) in [5, 5.41) is 0.657. The Balaban J connectivity index is 1.58. The van der Waals surface area contributed by atoms with Gasteiger partial charge in [-0.05, 0) is 36.8 Å². The lowest BCUT2D eigenvalue weighted by atomic mass is 10.1. The van der Waals surface area contributed by atoms with Crippen LogP contribution < -0.4 is 5.63 Å². The molecular formula is C22H20ClNO7S. The number of rotatable bonds is 5. The molecule has 0 unspecified atom stereocenters. The van der Waals surface area contributed by atoms with Crippen molar-refractivity contribution in [1.29, 1.82) is 0 Å². The van der Waals surface area contributed by atoms with Crippen LogP contribution in [-0.2, 0) is 26.1 Å². The molecule has 1 aliphatic rings. The van der Waals surface area contributed by atoms with Crippen LogP contribution in [0.25, 0.3) is 11.0 Å². The van der Waals surface area contributed by atoms with Crippen molar-refractivity contribution in [3.05, 3.63) is 74.6 Å². The second kappa shape index (κ2) is 9.03. The van der Waals surface area contributed by atoms with E-state index in [0.717, 1.165) is 5.56 Å². The van der Waals surface area contributed by atoms with E-state index in [1.807, 2.05) is 13.0 Å². The molecule has 0 spiro atoms. The second-order valence-corrected chi connectivity index (χ2v) is 9.64. The van der Waals surface area contributed by atoms with E-state index < -0.39 is 21.6 Å². The standard InChI is InChI=1S/C22H20ClNO7S/c1-14-2-4-17-16(12-21(25)31-19(17)10-14)13-30-22(26)15-3-5-18(23)20(11-15)32(27,28)24-6-8-29-9-7-24/h2-5,10-12H,6-9,13H2,1H3. The van der Waals surface area contributed by atoms with Gasteiger partial charge in [0, 0.05) is 30.1 Å². The lowest BCUT2D eigenvalue weighted by Gasteiger charge is -2.26. The van der Waals surface area contributed by atoms with Crippen molar-refractivity contribution >= 4 is 38.6 Å². The third-order valence-corrected chi connectivity index (χ3v) is 7.48. The number of halogens is 1. The summed E-state index contributed by atoms with van der Waals surface area (Å²) in [4.78, 5) is 24.4. The van der Waals surface area contributed by atoms with E-state index in [-0.39, 0.29) is 48.4 Å². The van der Waals surface area contributed by atoms with Crippen molar-refractivity contribution in [2.45, 2.75) is 18.4 Å². The van der Waals surface area contributed by atoms with Crippen molar-refractivity contribution in [2.75, 3.05) is 26.3 Å². The molecule has 168 valence electrons. The van der Waals surface area contributed by atoms with Gasteiger partial charge in [0.15, 0.2) is 0 Å². The number of fused-ring (bicyclic) bond motifs is 1. The molecule has 0 radical (unpaired) electrons. The first-order valence-electron chi connectivity index (χ1n) is 9.84. The maximum atomic E-state index is 13.0. The molecule has 1 aromatic heterocycles. The molecule has 32 heavy (non-hydrogen) atoms. The van der Waals surface area contributed by atoms with Crippen molar-refractivity contribution in [3.8, 4) is 0 Å². The van der Waals surface area contributed by atoms with E-state index in [2.05, 4.69) is 0 Å². The number of esters is 1. The van der Waals surface area contributed by atoms with E-state index in [0.29, 0.717) is 16.5 Å². The van der Waals surface area contributed by atoms with Gasteiger partial charge in [-0.2, -0.15) is 4.31 Å². The molecule has 2 heterocycles. The first-order chi connectivity index (χ1) is 15.3. The minimum Gasteiger partial charge on any atom is -0.457 e. The summed E-state index contributed by atoms with van der Waals surface area (Å²) in [5.74, 6) is -0.742. The lowest BCUT2D eigenvalue weighted by molar-refractivity contribution is 0.0473. The molecule has 0 N–H and O–H groups in total. The van der Waals surface area contributed by atoms with Gasteiger partial charge >= 0.3 is 11.6 Å². The van der Waals surface area contributed by atoms with Crippen molar-refractivity contribution in [3.63, 3.8) is 0 Å². The van der Waals surface area contributed by atoms with Crippen LogP contribution in [0.1, 0.15) is 21.5 Å². The molecule has 1 saturated heterocycles. The van der Waals surface area contributed by atoms with Gasteiger partial charge in [-0.15, -0.1) is 0 Å². The minimum absolute atomic E-state index is 0.00933. The quantitative estimate of drug-likeness (QED) is 0.410. The fourth-order valence-corrected chi connectivity index (χ4v) is 5.35. The van der Waals surface area contributed by atoms with Crippen LogP contribution >= 0.6 is 11.6 Å². The van der Waals surface area contributed by atoms with Gasteiger partial charge in [-0.3, -0.25) is 0 Å². The molecule has 1 fully saturated rings. The zero-order valence-corrected chi connectivity index (χ0v) is 18.7. The summed E-state index contributed by atoms with van der Waals surface area (Å²) >= 11 is 6.14. The number of morpholine rings is 1. The highest BCUT2D eigenvalue weighted by molar-refractivity contribution is 7.89. The molecule has 0 amide bonds. The van der Waals surface area contributed by atoms with Crippen LogP contribution in [-0.4, -0.2) is 45.0 Å². The normalized spacial score (nSPS) is 15.1. The molecule has 2 aromatic carbocycles. The number of aryl methyl sites for hydroxylation is 1. The van der Waals surface area contributed by atoms with Gasteiger partial charge in [-0.25, -0.2) is 18.0 Å². The Kier molecular flexibility index (Phi) is 6.34. The van der Waals surface area contributed by atoms with Crippen LogP contribution in [0.15, 0.2) is 56.6 Å². The van der Waals surface area contributed by atoms with Crippen LogP contribution in [0, 0.1) is 6.92 Å². The minimum atomic E-state index is -3.89. The van der Waals surface area contributed by atoms with Gasteiger partial charge in [0.2, 0.25) is 10.0 Å². The fourth-order valence-electron chi connectivity index (χ4n) is 3.44. The summed E-state index contributed by atoms with van der Waals surface area (Å²) in [6, 6.07) is 10.6. The molecule has 0 aliphatic carbocycles. The number of ether oxygens (including phenoxy) is 2. The number of carbonyl (C=O) groups excluding carboxylic acids is 1. The number of carbonyl (C=O) groups is 1. The smallest absolute Gasteiger partial charge is 0.338 e. The summed E-state index contributed by atoms with van der Waals surface area (Å²) < 4.78 is 43.0. The average Bonchev–Trinajstić information content (AvgIpc) is 2.77. The maximum absolute atomic E-state index is 13.0. The third-order valence-electron chi connectivity index (χ3n) is 5.10. The molecule has 8 nitrogen and oxygen atoms in total. The highest BCUT2D eigenvalue weighted by Crippen LogP contribution is 2.27. The zero-order valence-electron chi connectivity index (χ0n) is 17.2. The summed E-state index contributed by atoms with van der Waals surface area (Å²) in [7, 11) is -3.89. The number of hydrogen-bond acceptors (Lipinski definition) is 7. The largest absolute Gasteiger partial charge is 0.457 e. The van der Waals surface area contributed by atoms with Gasteiger partial charge in [-0.1, -0.05) is 23.7 Å². The first-order valence-corrected chi connectivity index (χ1v) is 11.7. The molecular weight excluding hydrogens is 458 g/mol. The Bertz CT molecular complexity index is 1340. The highest BCUT2D eigenvalue weighted by atomic mass is 35.5. The fraction of sp³-hybridized carbons (Fsp3) is 0.273. The van der Waals surface area contributed by atoms with Gasteiger partial charge in [0.1, 0.15) is 17.1 Å². The maximum Gasteiger partial charge on any atom is 0.338 e. The Morgan fingerprint density at radius 3 is 2.62 bits per heavy atom. The van der Waals surface area contributed by atoms with Crippen molar-refractivity contribution < 1.29 is 27.1 Å². The zero-order chi connectivity index (χ0) is 22.9. The van der Waals surface area contributed by atoms with E-state index >= 15 is 0 Å². The highest BCUT2D eigenvalue weighted by Gasteiger charge is 2.29. The predicted octanol–water partition coefficient (Wildman–Crippen LogP) is 3.13. The van der Waals surface area contributed by atoms with Crippen LogP contribution in [0.2, 0.25) is 5.02 Å².